The van der Waals surface area contributed by atoms with Gasteiger partial charge in [0.2, 0.25) is 0 Å². The molecule has 3 rings (SSSR count). The number of nitrogens with one attached hydrogen (secondary N) is 1. The number of aryl methyl sites for hydroxylation is 1. The normalized spacial score (nSPS) is 10.6. The second-order valence-corrected chi connectivity index (χ2v) is 6.74. The molecule has 0 aliphatic carbocycles. The first-order chi connectivity index (χ1) is 15.7. The molecule has 33 heavy (non-hydrogen) atoms. The van der Waals surface area contributed by atoms with Gasteiger partial charge in [0.1, 0.15) is 5.75 Å². The van der Waals surface area contributed by atoms with E-state index in [2.05, 4.69) is 10.5 Å². The highest BCUT2D eigenvalue weighted by molar-refractivity contribution is 5.96. The third-order valence-corrected chi connectivity index (χ3v) is 4.37. The van der Waals surface area contributed by atoms with Crippen molar-refractivity contribution in [1.82, 2.24) is 5.43 Å². The number of hydrazone groups is 1. The van der Waals surface area contributed by atoms with Gasteiger partial charge in [-0.1, -0.05) is 29.8 Å². The summed E-state index contributed by atoms with van der Waals surface area (Å²) in [6.45, 7) is 1.89. The number of esters is 1. The van der Waals surface area contributed by atoms with E-state index in [9.17, 15) is 29.8 Å². The average Bonchev–Trinajstić information content (AvgIpc) is 2.80. The average molecular weight is 448 g/mol. The predicted octanol–water partition coefficient (Wildman–Crippen LogP) is 3.79. The lowest BCUT2D eigenvalue weighted by Crippen LogP contribution is -2.17. The largest absolute Gasteiger partial charge is 0.422 e. The molecule has 0 radical (unpaired) electrons. The van der Waals surface area contributed by atoms with Crippen LogP contribution >= 0.6 is 0 Å². The first-order valence-electron chi connectivity index (χ1n) is 9.40. The lowest BCUT2D eigenvalue weighted by molar-refractivity contribution is -0.394. The Hall–Kier alpha value is -4.93. The topological polar surface area (TPSA) is 154 Å². The van der Waals surface area contributed by atoms with E-state index in [1.165, 1.54) is 12.3 Å². The van der Waals surface area contributed by atoms with Crippen LogP contribution in [0.5, 0.6) is 5.75 Å². The molecule has 0 fully saturated rings. The molecule has 0 spiro atoms. The zero-order valence-corrected chi connectivity index (χ0v) is 17.1. The molecule has 0 unspecified atom stereocenters. The van der Waals surface area contributed by atoms with Crippen LogP contribution < -0.4 is 10.2 Å². The number of nitro groups is 2. The number of rotatable bonds is 7. The highest BCUT2D eigenvalue weighted by atomic mass is 16.6. The van der Waals surface area contributed by atoms with E-state index in [1.54, 1.807) is 42.5 Å². The molecule has 166 valence electrons. The summed E-state index contributed by atoms with van der Waals surface area (Å²) >= 11 is 0. The molecule has 0 aliphatic heterocycles. The number of hydrogen-bond donors (Lipinski definition) is 1. The van der Waals surface area contributed by atoms with Gasteiger partial charge in [0, 0.05) is 23.3 Å². The molecule has 1 amide bonds. The van der Waals surface area contributed by atoms with E-state index < -0.39 is 33.1 Å². The van der Waals surface area contributed by atoms with Crippen molar-refractivity contribution in [2.75, 3.05) is 0 Å². The van der Waals surface area contributed by atoms with Gasteiger partial charge in [0.25, 0.3) is 17.3 Å². The molecule has 11 heteroatoms. The molecular weight excluding hydrogens is 432 g/mol. The summed E-state index contributed by atoms with van der Waals surface area (Å²) in [5, 5.41) is 25.9. The van der Waals surface area contributed by atoms with Gasteiger partial charge in [0.05, 0.1) is 27.7 Å². The Morgan fingerprint density at radius 3 is 2.12 bits per heavy atom. The summed E-state index contributed by atoms with van der Waals surface area (Å²) < 4.78 is 5.27. The highest BCUT2D eigenvalue weighted by Crippen LogP contribution is 2.24. The van der Waals surface area contributed by atoms with Crippen molar-refractivity contribution in [3.63, 3.8) is 0 Å². The zero-order valence-electron chi connectivity index (χ0n) is 17.1. The summed E-state index contributed by atoms with van der Waals surface area (Å²) in [6.07, 6.45) is 1.25. The van der Waals surface area contributed by atoms with Crippen LogP contribution in [-0.2, 0) is 0 Å². The Bertz CT molecular complexity index is 1240. The smallest absolute Gasteiger partial charge is 0.344 e. The summed E-state index contributed by atoms with van der Waals surface area (Å²) in [6, 6.07) is 15.6. The molecule has 0 aromatic heterocycles. The number of hydrogen-bond acceptors (Lipinski definition) is 8. The van der Waals surface area contributed by atoms with Gasteiger partial charge >= 0.3 is 5.97 Å². The van der Waals surface area contributed by atoms with E-state index in [0.29, 0.717) is 11.1 Å². The van der Waals surface area contributed by atoms with E-state index >= 15 is 0 Å². The number of non-ortho nitro benzene ring substituents is 2. The van der Waals surface area contributed by atoms with Crippen LogP contribution in [0.2, 0.25) is 0 Å². The van der Waals surface area contributed by atoms with Crippen LogP contribution in [0.3, 0.4) is 0 Å². The highest BCUT2D eigenvalue weighted by Gasteiger charge is 2.21. The molecule has 0 saturated heterocycles. The molecule has 0 heterocycles. The zero-order chi connectivity index (χ0) is 24.0. The van der Waals surface area contributed by atoms with Gasteiger partial charge in [0.15, 0.2) is 0 Å². The summed E-state index contributed by atoms with van der Waals surface area (Å²) in [5.41, 5.74) is 2.47. The van der Waals surface area contributed by atoms with E-state index in [4.69, 9.17) is 4.74 Å². The van der Waals surface area contributed by atoms with Crippen LogP contribution in [-0.4, -0.2) is 27.9 Å². The van der Waals surface area contributed by atoms with Crippen molar-refractivity contribution in [3.8, 4) is 5.75 Å². The number of amides is 1. The Kier molecular flexibility index (Phi) is 6.84. The van der Waals surface area contributed by atoms with Crippen LogP contribution in [0, 0.1) is 27.2 Å². The lowest BCUT2D eigenvalue weighted by atomic mass is 10.1. The van der Waals surface area contributed by atoms with Crippen molar-refractivity contribution < 1.29 is 24.2 Å². The lowest BCUT2D eigenvalue weighted by Gasteiger charge is -2.07. The quantitative estimate of drug-likeness (QED) is 0.190. The fourth-order valence-corrected chi connectivity index (χ4v) is 2.69. The van der Waals surface area contributed by atoms with Crippen LogP contribution in [0.4, 0.5) is 11.4 Å². The number of benzene rings is 3. The molecule has 0 aliphatic rings. The number of ether oxygens (including phenoxy) is 1. The summed E-state index contributed by atoms with van der Waals surface area (Å²) in [5.74, 6) is -1.44. The number of nitrogens with zero attached hydrogens (tertiary/aromatic N) is 3. The molecule has 3 aromatic rings. The molecule has 0 saturated carbocycles. The minimum absolute atomic E-state index is 0.0324. The Morgan fingerprint density at radius 1 is 0.909 bits per heavy atom. The molecule has 0 bridgehead atoms. The maximum absolute atomic E-state index is 12.5. The fraction of sp³-hybridized carbons (Fsp3) is 0.0455. The molecule has 11 nitrogen and oxygen atoms in total. The van der Waals surface area contributed by atoms with E-state index in [-0.39, 0.29) is 11.3 Å². The van der Waals surface area contributed by atoms with Gasteiger partial charge in [-0.05, 0) is 31.2 Å². The molecular formula is C22H16N4O7. The SMILES string of the molecule is Cc1ccc(C(=O)NN=Cc2ccccc2OC(=O)c2cc([N+](=O)[O-])cc([N+](=O)[O-])c2)cc1. The predicted molar refractivity (Wildman–Crippen MR) is 117 cm³/mol. The van der Waals surface area contributed by atoms with Crippen molar-refractivity contribution >= 4 is 29.5 Å². The summed E-state index contributed by atoms with van der Waals surface area (Å²) in [7, 11) is 0. The minimum Gasteiger partial charge on any atom is -0.422 e. The van der Waals surface area contributed by atoms with Crippen molar-refractivity contribution in [3.05, 3.63) is 109 Å². The van der Waals surface area contributed by atoms with Gasteiger partial charge in [-0.2, -0.15) is 5.10 Å². The Morgan fingerprint density at radius 2 is 1.52 bits per heavy atom. The monoisotopic (exact) mass is 448 g/mol. The van der Waals surface area contributed by atoms with Crippen LogP contribution in [0.1, 0.15) is 31.8 Å². The molecule has 1 N–H and O–H groups in total. The fourth-order valence-electron chi connectivity index (χ4n) is 2.69. The van der Waals surface area contributed by atoms with Crippen molar-refractivity contribution in [2.45, 2.75) is 6.92 Å². The first-order valence-corrected chi connectivity index (χ1v) is 9.40. The summed E-state index contributed by atoms with van der Waals surface area (Å²) in [4.78, 5) is 45.1. The van der Waals surface area contributed by atoms with Crippen molar-refractivity contribution in [1.29, 1.82) is 0 Å². The van der Waals surface area contributed by atoms with Crippen LogP contribution in [0.15, 0.2) is 71.8 Å². The number of carbonyl (C=O) groups excluding carboxylic acids is 2. The van der Waals surface area contributed by atoms with E-state index in [0.717, 1.165) is 23.8 Å². The van der Waals surface area contributed by atoms with Gasteiger partial charge in [-0.15, -0.1) is 0 Å². The number of carbonyl (C=O) groups is 2. The van der Waals surface area contributed by atoms with Crippen LogP contribution in [0.25, 0.3) is 0 Å². The van der Waals surface area contributed by atoms with Gasteiger partial charge in [-0.3, -0.25) is 25.0 Å². The Balaban J connectivity index is 1.78. The van der Waals surface area contributed by atoms with E-state index in [1.807, 2.05) is 6.92 Å². The third-order valence-electron chi connectivity index (χ3n) is 4.37. The second kappa shape index (κ2) is 9.92. The van der Waals surface area contributed by atoms with Gasteiger partial charge in [-0.25, -0.2) is 10.2 Å². The molecule has 3 aromatic carbocycles. The van der Waals surface area contributed by atoms with Crippen molar-refractivity contribution in [2.24, 2.45) is 5.10 Å². The van der Waals surface area contributed by atoms with Gasteiger partial charge < -0.3 is 4.74 Å². The standard InChI is InChI=1S/C22H16N4O7/c1-14-6-8-15(9-7-14)21(27)24-23-13-16-4-2-3-5-20(16)33-22(28)17-10-18(25(29)30)12-19(11-17)26(31)32/h2-13H,1H3,(H,24,27). The molecule has 0 atom stereocenters. The maximum Gasteiger partial charge on any atom is 0.344 e. The third kappa shape index (κ3) is 5.82. The Labute approximate surface area is 186 Å². The number of para-hydroxylation sites is 1. The first kappa shape index (κ1) is 22.7. The minimum atomic E-state index is -1.04. The number of nitro benzene ring substituents is 2. The maximum atomic E-state index is 12.5. The second-order valence-electron chi connectivity index (χ2n) is 6.74.